The van der Waals surface area contributed by atoms with E-state index in [0.29, 0.717) is 25.0 Å². The Bertz CT molecular complexity index is 511. The van der Waals surface area contributed by atoms with Crippen LogP contribution in [-0.4, -0.2) is 40.8 Å². The molecule has 0 bridgehead atoms. The number of ketones is 1. The molecule has 0 aromatic carbocycles. The standard InChI is InChI=1S/C24H42O5/c1-4-5-6-10-17-24(2,28)18-11-12-19-15-16-21(25)20(19)13-8-7-9-14-22(26)23(27)29-3/h11-12,19-20,22,26,28H,4-10,13-18H2,1-3H3/t19-,20+,22?,24?/m0/s1. The lowest BCUT2D eigenvalue weighted by Crippen LogP contribution is -2.23. The highest BCUT2D eigenvalue weighted by Crippen LogP contribution is 2.34. The van der Waals surface area contributed by atoms with Crippen molar-refractivity contribution in [2.45, 2.75) is 109 Å². The predicted molar refractivity (Wildman–Crippen MR) is 115 cm³/mol. The minimum absolute atomic E-state index is 0.0753. The van der Waals surface area contributed by atoms with Gasteiger partial charge in [-0.3, -0.25) is 4.79 Å². The average molecular weight is 411 g/mol. The molecule has 0 heterocycles. The van der Waals surface area contributed by atoms with E-state index < -0.39 is 17.7 Å². The molecule has 0 aliphatic heterocycles. The Morgan fingerprint density at radius 2 is 1.97 bits per heavy atom. The van der Waals surface area contributed by atoms with E-state index in [1.54, 1.807) is 0 Å². The number of aliphatic hydroxyl groups excluding tert-OH is 1. The Morgan fingerprint density at radius 3 is 2.66 bits per heavy atom. The van der Waals surface area contributed by atoms with Crippen LogP contribution in [0.25, 0.3) is 0 Å². The minimum atomic E-state index is -1.04. The number of Topliss-reactive ketones (excluding diaryl/α,β-unsaturated/α-hetero) is 1. The summed E-state index contributed by atoms with van der Waals surface area (Å²) >= 11 is 0. The van der Waals surface area contributed by atoms with Crippen LogP contribution in [0.3, 0.4) is 0 Å². The maximum atomic E-state index is 12.3. The fraction of sp³-hybridized carbons (Fsp3) is 0.833. The third-order valence-corrected chi connectivity index (χ3v) is 6.13. The van der Waals surface area contributed by atoms with Crippen LogP contribution in [0.15, 0.2) is 12.2 Å². The van der Waals surface area contributed by atoms with Crippen molar-refractivity contribution in [3.8, 4) is 0 Å². The smallest absolute Gasteiger partial charge is 0.334 e. The van der Waals surface area contributed by atoms with E-state index in [2.05, 4.69) is 23.8 Å². The van der Waals surface area contributed by atoms with Crippen molar-refractivity contribution in [1.29, 1.82) is 0 Å². The van der Waals surface area contributed by atoms with Crippen LogP contribution >= 0.6 is 0 Å². The number of ether oxygens (including phenoxy) is 1. The van der Waals surface area contributed by atoms with Crippen LogP contribution in [0.1, 0.15) is 97.3 Å². The molecule has 1 saturated carbocycles. The molecular formula is C24H42O5. The number of methoxy groups -OCH3 is 1. The Kier molecular flexibility index (Phi) is 12.4. The zero-order valence-corrected chi connectivity index (χ0v) is 18.7. The zero-order valence-electron chi connectivity index (χ0n) is 18.7. The number of rotatable bonds is 15. The molecule has 0 radical (unpaired) electrons. The van der Waals surface area contributed by atoms with Gasteiger partial charge in [0.1, 0.15) is 5.78 Å². The van der Waals surface area contributed by atoms with Crippen molar-refractivity contribution in [3.05, 3.63) is 12.2 Å². The summed E-state index contributed by atoms with van der Waals surface area (Å²) in [6.45, 7) is 4.09. The second-order valence-corrected chi connectivity index (χ2v) is 8.89. The first kappa shape index (κ1) is 25.8. The molecule has 0 spiro atoms. The number of esters is 1. The predicted octanol–water partition coefficient (Wildman–Crippen LogP) is 4.73. The monoisotopic (exact) mass is 410 g/mol. The van der Waals surface area contributed by atoms with Crippen LogP contribution in [0.2, 0.25) is 0 Å². The lowest BCUT2D eigenvalue weighted by molar-refractivity contribution is -0.150. The minimum Gasteiger partial charge on any atom is -0.467 e. The summed E-state index contributed by atoms with van der Waals surface area (Å²) < 4.78 is 4.51. The van der Waals surface area contributed by atoms with Crippen LogP contribution in [0.4, 0.5) is 0 Å². The van der Waals surface area contributed by atoms with Gasteiger partial charge in [-0.1, -0.05) is 64.0 Å². The normalized spacial score (nSPS) is 22.7. The number of carbonyl (C=O) groups excluding carboxylic acids is 2. The third-order valence-electron chi connectivity index (χ3n) is 6.13. The summed E-state index contributed by atoms with van der Waals surface area (Å²) in [5, 5.41) is 20.1. The highest BCUT2D eigenvalue weighted by molar-refractivity contribution is 5.83. The van der Waals surface area contributed by atoms with Crippen molar-refractivity contribution in [1.82, 2.24) is 0 Å². The highest BCUT2D eigenvalue weighted by Gasteiger charge is 2.32. The van der Waals surface area contributed by atoms with Gasteiger partial charge in [0.15, 0.2) is 6.10 Å². The fourth-order valence-electron chi connectivity index (χ4n) is 4.20. The number of allylic oxidation sites excluding steroid dienone is 1. The molecule has 0 saturated heterocycles. The van der Waals surface area contributed by atoms with Crippen LogP contribution in [0, 0.1) is 11.8 Å². The molecule has 2 unspecified atom stereocenters. The van der Waals surface area contributed by atoms with Crippen LogP contribution < -0.4 is 0 Å². The van der Waals surface area contributed by atoms with Gasteiger partial charge >= 0.3 is 5.97 Å². The van der Waals surface area contributed by atoms with Gasteiger partial charge in [0.25, 0.3) is 0 Å². The second-order valence-electron chi connectivity index (χ2n) is 8.89. The number of aliphatic hydroxyl groups is 2. The number of unbranched alkanes of at least 4 members (excludes halogenated alkanes) is 5. The van der Waals surface area contributed by atoms with Gasteiger partial charge in [-0.05, 0) is 44.9 Å². The molecule has 5 nitrogen and oxygen atoms in total. The molecule has 168 valence electrons. The van der Waals surface area contributed by atoms with Crippen molar-refractivity contribution in [2.75, 3.05) is 7.11 Å². The summed E-state index contributed by atoms with van der Waals surface area (Å²) in [4.78, 5) is 23.4. The summed E-state index contributed by atoms with van der Waals surface area (Å²) in [7, 11) is 1.27. The molecule has 1 fully saturated rings. The van der Waals surface area contributed by atoms with Gasteiger partial charge in [-0.25, -0.2) is 4.79 Å². The fourth-order valence-corrected chi connectivity index (χ4v) is 4.20. The quantitative estimate of drug-likeness (QED) is 0.232. The lowest BCUT2D eigenvalue weighted by Gasteiger charge is -2.22. The van der Waals surface area contributed by atoms with E-state index in [-0.39, 0.29) is 11.8 Å². The first-order chi connectivity index (χ1) is 13.8. The van der Waals surface area contributed by atoms with E-state index in [1.165, 1.54) is 26.4 Å². The zero-order chi connectivity index (χ0) is 21.7. The number of hydrogen-bond acceptors (Lipinski definition) is 5. The van der Waals surface area contributed by atoms with Crippen LogP contribution in [-0.2, 0) is 14.3 Å². The van der Waals surface area contributed by atoms with Gasteiger partial charge < -0.3 is 14.9 Å². The number of hydrogen-bond donors (Lipinski definition) is 2. The molecule has 4 atom stereocenters. The molecule has 0 amide bonds. The van der Waals surface area contributed by atoms with Gasteiger partial charge in [-0.15, -0.1) is 0 Å². The largest absolute Gasteiger partial charge is 0.467 e. The first-order valence-corrected chi connectivity index (χ1v) is 11.5. The Morgan fingerprint density at radius 1 is 1.24 bits per heavy atom. The molecule has 1 aliphatic rings. The first-order valence-electron chi connectivity index (χ1n) is 11.5. The summed E-state index contributed by atoms with van der Waals surface area (Å²) in [5.74, 6) is 0.119. The van der Waals surface area contributed by atoms with Crippen molar-refractivity contribution >= 4 is 11.8 Å². The summed E-state index contributed by atoms with van der Waals surface area (Å²) in [6, 6.07) is 0. The topological polar surface area (TPSA) is 83.8 Å². The van der Waals surface area contributed by atoms with E-state index in [0.717, 1.165) is 44.9 Å². The third kappa shape index (κ3) is 10.4. The molecule has 1 aliphatic carbocycles. The Hall–Kier alpha value is -1.20. The SMILES string of the molecule is CCCCCCC(C)(O)CC=C[C@H]1CCC(=O)[C@@H]1CCCCCC(O)C(=O)OC. The molecule has 2 N–H and O–H groups in total. The van der Waals surface area contributed by atoms with E-state index in [9.17, 15) is 19.8 Å². The van der Waals surface area contributed by atoms with Crippen LogP contribution in [0.5, 0.6) is 0 Å². The van der Waals surface area contributed by atoms with Gasteiger partial charge in [0, 0.05) is 12.3 Å². The van der Waals surface area contributed by atoms with Gasteiger partial charge in [-0.2, -0.15) is 0 Å². The van der Waals surface area contributed by atoms with E-state index in [1.807, 2.05) is 6.92 Å². The second kappa shape index (κ2) is 13.9. The average Bonchev–Trinajstić information content (AvgIpc) is 3.03. The molecular weight excluding hydrogens is 368 g/mol. The van der Waals surface area contributed by atoms with E-state index >= 15 is 0 Å². The van der Waals surface area contributed by atoms with E-state index in [4.69, 9.17) is 0 Å². The molecule has 29 heavy (non-hydrogen) atoms. The van der Waals surface area contributed by atoms with Gasteiger partial charge in [0.2, 0.25) is 0 Å². The van der Waals surface area contributed by atoms with Crippen molar-refractivity contribution in [2.24, 2.45) is 11.8 Å². The maximum absolute atomic E-state index is 12.3. The maximum Gasteiger partial charge on any atom is 0.334 e. The van der Waals surface area contributed by atoms with Gasteiger partial charge in [0.05, 0.1) is 12.7 Å². The molecule has 5 heteroatoms. The number of carbonyl (C=O) groups is 2. The Labute approximate surface area is 176 Å². The molecule has 1 rings (SSSR count). The highest BCUT2D eigenvalue weighted by atomic mass is 16.5. The van der Waals surface area contributed by atoms with Crippen molar-refractivity contribution in [3.63, 3.8) is 0 Å². The lowest BCUT2D eigenvalue weighted by atomic mass is 9.88. The summed E-state index contributed by atoms with van der Waals surface area (Å²) in [6.07, 6.45) is 14.7. The molecule has 0 aromatic rings. The molecule has 0 aromatic heterocycles. The Balaban J connectivity index is 2.33. The van der Waals surface area contributed by atoms with Crippen molar-refractivity contribution < 1.29 is 24.5 Å². The summed E-state index contributed by atoms with van der Waals surface area (Å²) in [5.41, 5.74) is -0.664.